The number of aromatic nitrogens is 1. The zero-order valence-corrected chi connectivity index (χ0v) is 16.9. The van der Waals surface area contributed by atoms with E-state index in [9.17, 15) is 18.4 Å². The van der Waals surface area contributed by atoms with Gasteiger partial charge in [0.15, 0.2) is 11.6 Å². The highest BCUT2D eigenvalue weighted by Crippen LogP contribution is 2.45. The quantitative estimate of drug-likeness (QED) is 0.387. The first-order valence-corrected chi connectivity index (χ1v) is 10.3. The van der Waals surface area contributed by atoms with Gasteiger partial charge in [-0.15, -0.1) is 0 Å². The van der Waals surface area contributed by atoms with Crippen LogP contribution in [0.15, 0.2) is 51.1 Å². The molecular weight excluding hydrogens is 420 g/mol. The second-order valence-corrected chi connectivity index (χ2v) is 8.07. The molecule has 4 nitrogen and oxygen atoms in total. The van der Waals surface area contributed by atoms with E-state index in [1.807, 2.05) is 30.3 Å². The monoisotopic (exact) mass is 435 g/mol. The van der Waals surface area contributed by atoms with Gasteiger partial charge in [0, 0.05) is 10.9 Å². The number of carbonyl (C=O) groups is 1. The topological polar surface area (TPSA) is 48.3 Å². The Morgan fingerprint density at radius 1 is 1.28 bits per heavy atom. The molecule has 0 radical (unpaired) electrons. The van der Waals surface area contributed by atoms with Gasteiger partial charge in [-0.1, -0.05) is 41.6 Å². The standard InChI is InChI=1S/C21H16ClF2NO3S/c1-2-28-21(27)15-19(26)13-10-14(23)17(24)16(22)18(13)25(11-8-9-11)20(15)29-12-6-4-3-5-7-12/h3-7,10-11H,2,8-9H2,1H3. The molecule has 0 amide bonds. The van der Waals surface area contributed by atoms with Gasteiger partial charge in [0.1, 0.15) is 10.6 Å². The first-order chi connectivity index (χ1) is 13.9. The predicted molar refractivity (Wildman–Crippen MR) is 108 cm³/mol. The summed E-state index contributed by atoms with van der Waals surface area (Å²) >= 11 is 7.35. The van der Waals surface area contributed by atoms with Crippen LogP contribution in [0.1, 0.15) is 36.2 Å². The van der Waals surface area contributed by atoms with Crippen LogP contribution >= 0.6 is 23.4 Å². The summed E-state index contributed by atoms with van der Waals surface area (Å²) < 4.78 is 35.1. The average molecular weight is 436 g/mol. The molecule has 1 aliphatic carbocycles. The summed E-state index contributed by atoms with van der Waals surface area (Å²) in [5, 5.41) is -0.279. The Morgan fingerprint density at radius 3 is 2.59 bits per heavy atom. The molecule has 0 aliphatic heterocycles. The van der Waals surface area contributed by atoms with E-state index in [4.69, 9.17) is 16.3 Å². The highest BCUT2D eigenvalue weighted by molar-refractivity contribution is 7.99. The number of halogens is 3. The number of hydrogen-bond donors (Lipinski definition) is 0. The normalized spacial score (nSPS) is 13.7. The molecular formula is C21H16ClF2NO3S. The SMILES string of the molecule is CCOC(=O)c1c(Sc2ccccc2)n(C2CC2)c2c(Cl)c(F)c(F)cc2c1=O. The van der Waals surface area contributed by atoms with Crippen molar-refractivity contribution in [2.75, 3.05) is 6.61 Å². The molecule has 1 fully saturated rings. The van der Waals surface area contributed by atoms with Crippen molar-refractivity contribution in [2.24, 2.45) is 0 Å². The van der Waals surface area contributed by atoms with Crippen molar-refractivity contribution in [1.29, 1.82) is 0 Å². The van der Waals surface area contributed by atoms with Crippen LogP contribution in [0, 0.1) is 11.6 Å². The van der Waals surface area contributed by atoms with E-state index in [0.717, 1.165) is 23.8 Å². The summed E-state index contributed by atoms with van der Waals surface area (Å²) in [6.45, 7) is 1.71. The van der Waals surface area contributed by atoms with Crippen LogP contribution in [0.5, 0.6) is 0 Å². The minimum absolute atomic E-state index is 0.0696. The largest absolute Gasteiger partial charge is 0.462 e. The summed E-state index contributed by atoms with van der Waals surface area (Å²) in [6.07, 6.45) is 1.55. The molecule has 0 spiro atoms. The molecule has 150 valence electrons. The number of nitrogens with zero attached hydrogens (tertiary/aromatic N) is 1. The number of carbonyl (C=O) groups excluding carboxylic acids is 1. The molecule has 0 saturated heterocycles. The molecule has 1 heterocycles. The van der Waals surface area contributed by atoms with Gasteiger partial charge in [0.25, 0.3) is 0 Å². The maximum atomic E-state index is 14.3. The number of rotatable bonds is 5. The highest BCUT2D eigenvalue weighted by atomic mass is 35.5. The van der Waals surface area contributed by atoms with E-state index in [1.54, 1.807) is 11.5 Å². The summed E-state index contributed by atoms with van der Waals surface area (Å²) in [4.78, 5) is 26.7. The Balaban J connectivity index is 2.11. The van der Waals surface area contributed by atoms with Crippen molar-refractivity contribution in [3.63, 3.8) is 0 Å². The second-order valence-electron chi connectivity index (χ2n) is 6.63. The van der Waals surface area contributed by atoms with Gasteiger partial charge >= 0.3 is 5.97 Å². The van der Waals surface area contributed by atoms with Crippen LogP contribution in [-0.4, -0.2) is 17.1 Å². The van der Waals surface area contributed by atoms with E-state index in [1.165, 1.54) is 11.8 Å². The first kappa shape index (κ1) is 19.9. The van der Waals surface area contributed by atoms with Crippen molar-refractivity contribution < 1.29 is 18.3 Å². The van der Waals surface area contributed by atoms with Gasteiger partial charge in [-0.3, -0.25) is 4.79 Å². The van der Waals surface area contributed by atoms with Crippen LogP contribution in [-0.2, 0) is 4.74 Å². The third-order valence-electron chi connectivity index (χ3n) is 4.63. The molecule has 4 rings (SSSR count). The Kier molecular flexibility index (Phi) is 5.36. The Bertz CT molecular complexity index is 1180. The van der Waals surface area contributed by atoms with E-state index >= 15 is 0 Å². The van der Waals surface area contributed by atoms with Crippen LogP contribution in [0.4, 0.5) is 8.78 Å². The molecule has 0 bridgehead atoms. The number of esters is 1. The predicted octanol–water partition coefficient (Wildman–Crippen LogP) is 5.60. The zero-order chi connectivity index (χ0) is 20.7. The van der Waals surface area contributed by atoms with Gasteiger partial charge in [0.05, 0.1) is 22.5 Å². The van der Waals surface area contributed by atoms with Crippen LogP contribution in [0.3, 0.4) is 0 Å². The first-order valence-electron chi connectivity index (χ1n) is 9.09. The van der Waals surface area contributed by atoms with E-state index in [0.29, 0.717) is 5.03 Å². The number of fused-ring (bicyclic) bond motifs is 1. The van der Waals surface area contributed by atoms with Crippen molar-refractivity contribution >= 4 is 40.2 Å². The number of pyridine rings is 1. The van der Waals surface area contributed by atoms with E-state index in [-0.39, 0.29) is 29.1 Å². The van der Waals surface area contributed by atoms with Gasteiger partial charge in [-0.2, -0.15) is 0 Å². The number of ether oxygens (including phenoxy) is 1. The third kappa shape index (κ3) is 3.53. The third-order valence-corrected chi connectivity index (χ3v) is 6.08. The van der Waals surface area contributed by atoms with Crippen molar-refractivity contribution in [3.05, 3.63) is 68.8 Å². The Hall–Kier alpha value is -2.38. The molecule has 2 aromatic carbocycles. The van der Waals surface area contributed by atoms with E-state index in [2.05, 4.69) is 0 Å². The lowest BCUT2D eigenvalue weighted by atomic mass is 10.1. The Morgan fingerprint density at radius 2 is 1.97 bits per heavy atom. The fourth-order valence-corrected chi connectivity index (χ4v) is 4.63. The number of hydrogen-bond acceptors (Lipinski definition) is 4. The summed E-state index contributed by atoms with van der Waals surface area (Å²) in [5.41, 5.74) is -0.818. The summed E-state index contributed by atoms with van der Waals surface area (Å²) in [7, 11) is 0. The number of benzene rings is 2. The molecule has 29 heavy (non-hydrogen) atoms. The zero-order valence-electron chi connectivity index (χ0n) is 15.4. The molecule has 8 heteroatoms. The molecule has 1 aromatic heterocycles. The summed E-state index contributed by atoms with van der Waals surface area (Å²) in [5.74, 6) is -3.25. The maximum absolute atomic E-state index is 14.3. The lowest BCUT2D eigenvalue weighted by molar-refractivity contribution is 0.0519. The molecule has 3 aromatic rings. The smallest absolute Gasteiger partial charge is 0.344 e. The van der Waals surface area contributed by atoms with Crippen LogP contribution in [0.25, 0.3) is 10.9 Å². The van der Waals surface area contributed by atoms with Gasteiger partial charge < -0.3 is 9.30 Å². The maximum Gasteiger partial charge on any atom is 0.344 e. The van der Waals surface area contributed by atoms with Gasteiger partial charge in [-0.05, 0) is 38.0 Å². The van der Waals surface area contributed by atoms with E-state index < -0.39 is 28.1 Å². The van der Waals surface area contributed by atoms with Crippen molar-refractivity contribution in [1.82, 2.24) is 4.57 Å². The average Bonchev–Trinajstić information content (AvgIpc) is 3.53. The van der Waals surface area contributed by atoms with Crippen LogP contribution < -0.4 is 5.43 Å². The molecule has 1 saturated carbocycles. The second kappa shape index (κ2) is 7.80. The highest BCUT2D eigenvalue weighted by Gasteiger charge is 2.34. The molecule has 1 aliphatic rings. The fraction of sp³-hybridized carbons (Fsp3) is 0.238. The van der Waals surface area contributed by atoms with Crippen molar-refractivity contribution in [2.45, 2.75) is 35.7 Å². The minimum Gasteiger partial charge on any atom is -0.462 e. The lowest BCUT2D eigenvalue weighted by Gasteiger charge is -2.20. The van der Waals surface area contributed by atoms with Gasteiger partial charge in [-0.25, -0.2) is 13.6 Å². The molecule has 0 unspecified atom stereocenters. The fourth-order valence-electron chi connectivity index (χ4n) is 3.21. The van der Waals surface area contributed by atoms with Gasteiger partial charge in [0.2, 0.25) is 5.43 Å². The molecule has 0 N–H and O–H groups in total. The van der Waals surface area contributed by atoms with Crippen molar-refractivity contribution in [3.8, 4) is 0 Å². The minimum atomic E-state index is -1.24. The summed E-state index contributed by atoms with van der Waals surface area (Å²) in [6, 6.07) is 9.90. The lowest BCUT2D eigenvalue weighted by Crippen LogP contribution is -2.24. The van der Waals surface area contributed by atoms with Crippen LogP contribution in [0.2, 0.25) is 5.02 Å². The Labute approximate surface area is 174 Å². The molecule has 0 atom stereocenters.